The maximum absolute atomic E-state index is 12.7. The predicted molar refractivity (Wildman–Crippen MR) is 90.1 cm³/mol. The molecular formula is C17H15BrN2O4. The van der Waals surface area contributed by atoms with Crippen molar-refractivity contribution >= 4 is 21.8 Å². The molecule has 1 fully saturated rings. The first-order valence-electron chi connectivity index (χ1n) is 7.80. The average Bonchev–Trinajstić information content (AvgIpc) is 2.57. The number of aromatic nitrogens is 1. The summed E-state index contributed by atoms with van der Waals surface area (Å²) in [5.41, 5.74) is 0.870. The van der Waals surface area contributed by atoms with Crippen molar-refractivity contribution in [2.75, 3.05) is 13.1 Å². The summed E-state index contributed by atoms with van der Waals surface area (Å²) in [7, 11) is 0. The molecule has 7 heteroatoms. The summed E-state index contributed by atoms with van der Waals surface area (Å²) in [6, 6.07) is 6.82. The molecule has 1 saturated heterocycles. The zero-order valence-electron chi connectivity index (χ0n) is 12.8. The Morgan fingerprint density at radius 2 is 2.04 bits per heavy atom. The highest BCUT2D eigenvalue weighted by Gasteiger charge is 2.36. The zero-order chi connectivity index (χ0) is 16.8. The van der Waals surface area contributed by atoms with Crippen LogP contribution in [0.3, 0.4) is 0 Å². The first kappa shape index (κ1) is 15.4. The Hall–Kier alpha value is -2.15. The van der Waals surface area contributed by atoms with Crippen LogP contribution < -0.4 is 11.2 Å². The van der Waals surface area contributed by atoms with E-state index in [1.807, 2.05) is 10.6 Å². The van der Waals surface area contributed by atoms with Crippen molar-refractivity contribution in [1.82, 2.24) is 9.47 Å². The Labute approximate surface area is 145 Å². The maximum Gasteiger partial charge on any atom is 0.350 e. The predicted octanol–water partition coefficient (Wildman–Crippen LogP) is 1.82. The van der Waals surface area contributed by atoms with Gasteiger partial charge in [0.25, 0.3) is 11.5 Å². The van der Waals surface area contributed by atoms with E-state index in [0.29, 0.717) is 25.2 Å². The van der Waals surface area contributed by atoms with Gasteiger partial charge in [-0.1, -0.05) is 6.07 Å². The van der Waals surface area contributed by atoms with E-state index in [2.05, 4.69) is 15.9 Å². The number of carbonyl (C=O) groups is 1. The van der Waals surface area contributed by atoms with Crippen LogP contribution in [0.15, 0.2) is 49.0 Å². The Kier molecular flexibility index (Phi) is 3.68. The molecule has 2 bridgehead atoms. The van der Waals surface area contributed by atoms with Gasteiger partial charge < -0.3 is 13.9 Å². The van der Waals surface area contributed by atoms with Gasteiger partial charge in [0.05, 0.1) is 5.56 Å². The number of hydrogen-bond acceptors (Lipinski definition) is 4. The Bertz CT molecular complexity index is 933. The summed E-state index contributed by atoms with van der Waals surface area (Å²) in [6.07, 6.45) is 2.19. The van der Waals surface area contributed by atoms with Crippen molar-refractivity contribution in [3.05, 3.63) is 67.0 Å². The van der Waals surface area contributed by atoms with Crippen LogP contribution in [-0.4, -0.2) is 28.5 Å². The van der Waals surface area contributed by atoms with Crippen LogP contribution in [0, 0.1) is 5.92 Å². The third kappa shape index (κ3) is 2.53. The minimum Gasteiger partial charge on any atom is -0.430 e. The molecule has 24 heavy (non-hydrogen) atoms. The molecule has 1 amide bonds. The van der Waals surface area contributed by atoms with E-state index in [4.69, 9.17) is 4.42 Å². The second-order valence-electron chi connectivity index (χ2n) is 6.38. The summed E-state index contributed by atoms with van der Waals surface area (Å²) in [6.45, 7) is 1.81. The summed E-state index contributed by atoms with van der Waals surface area (Å²) < 4.78 is 6.94. The van der Waals surface area contributed by atoms with Crippen molar-refractivity contribution in [2.24, 2.45) is 5.92 Å². The third-order valence-electron chi connectivity index (χ3n) is 4.78. The largest absolute Gasteiger partial charge is 0.430 e. The maximum atomic E-state index is 12.7. The first-order valence-corrected chi connectivity index (χ1v) is 8.59. The molecule has 124 valence electrons. The van der Waals surface area contributed by atoms with Crippen molar-refractivity contribution in [2.45, 2.75) is 18.9 Å². The van der Waals surface area contributed by atoms with Gasteiger partial charge in [0, 0.05) is 37.3 Å². The number of fused-ring (bicyclic) bond motifs is 4. The third-order valence-corrected chi connectivity index (χ3v) is 5.34. The lowest BCUT2D eigenvalue weighted by Gasteiger charge is -2.42. The SMILES string of the molecule is O=C(c1coc(=O)c(Br)c1)N1C[C@H]2C[C@H](C1)c1cccc(=O)n1C2. The van der Waals surface area contributed by atoms with E-state index in [9.17, 15) is 14.4 Å². The topological polar surface area (TPSA) is 72.5 Å². The zero-order valence-corrected chi connectivity index (χ0v) is 14.4. The molecule has 4 heterocycles. The molecular weight excluding hydrogens is 376 g/mol. The van der Waals surface area contributed by atoms with Gasteiger partial charge in [0.1, 0.15) is 10.7 Å². The quantitative estimate of drug-likeness (QED) is 0.744. The smallest absolute Gasteiger partial charge is 0.350 e. The van der Waals surface area contributed by atoms with Gasteiger partial charge in [-0.05, 0) is 40.4 Å². The molecule has 2 atom stereocenters. The van der Waals surface area contributed by atoms with E-state index in [-0.39, 0.29) is 27.8 Å². The van der Waals surface area contributed by atoms with Gasteiger partial charge in [0.15, 0.2) is 0 Å². The number of hydrogen-bond donors (Lipinski definition) is 0. The highest BCUT2D eigenvalue weighted by Crippen LogP contribution is 2.35. The fraction of sp³-hybridized carbons (Fsp3) is 0.353. The van der Waals surface area contributed by atoms with Crippen LogP contribution >= 0.6 is 15.9 Å². The molecule has 0 aromatic carbocycles. The Morgan fingerprint density at radius 1 is 1.21 bits per heavy atom. The molecule has 2 aliphatic rings. The number of nitrogens with zero attached hydrogens (tertiary/aromatic N) is 2. The number of likely N-dealkylation sites (tertiary alicyclic amines) is 1. The number of rotatable bonds is 1. The molecule has 0 N–H and O–H groups in total. The Morgan fingerprint density at radius 3 is 2.83 bits per heavy atom. The molecule has 0 radical (unpaired) electrons. The minimum atomic E-state index is -0.504. The molecule has 0 unspecified atom stereocenters. The van der Waals surface area contributed by atoms with Crippen LogP contribution in [0.5, 0.6) is 0 Å². The number of piperidine rings is 1. The standard InChI is InChI=1S/C17H15BrN2O4/c18-13-5-12(9-24-17(13)23)16(22)19-6-10-4-11(8-19)14-2-1-3-15(21)20(14)7-10/h1-3,5,9-11H,4,6-8H2/t10-,11-/m1/s1. The van der Waals surface area contributed by atoms with Crippen molar-refractivity contribution in [1.29, 1.82) is 0 Å². The molecule has 4 rings (SSSR count). The highest BCUT2D eigenvalue weighted by atomic mass is 79.9. The molecule has 2 aromatic heterocycles. The van der Waals surface area contributed by atoms with Gasteiger partial charge in [-0.25, -0.2) is 4.79 Å². The normalized spacial score (nSPS) is 22.1. The van der Waals surface area contributed by atoms with E-state index < -0.39 is 5.63 Å². The first-order chi connectivity index (χ1) is 11.5. The van der Waals surface area contributed by atoms with Crippen LogP contribution in [-0.2, 0) is 6.54 Å². The lowest BCUT2D eigenvalue weighted by molar-refractivity contribution is 0.0592. The number of halogens is 1. The van der Waals surface area contributed by atoms with Crippen LogP contribution in [0.25, 0.3) is 0 Å². The van der Waals surface area contributed by atoms with Crippen LogP contribution in [0.2, 0.25) is 0 Å². The van der Waals surface area contributed by atoms with E-state index in [1.165, 1.54) is 12.3 Å². The molecule has 2 aromatic rings. The van der Waals surface area contributed by atoms with Crippen molar-refractivity contribution in [3.63, 3.8) is 0 Å². The fourth-order valence-electron chi connectivity index (χ4n) is 3.76. The fourth-order valence-corrected chi connectivity index (χ4v) is 4.10. The molecule has 0 spiro atoms. The Balaban J connectivity index is 1.64. The lowest BCUT2D eigenvalue weighted by Crippen LogP contribution is -2.49. The number of pyridine rings is 1. The average molecular weight is 391 g/mol. The summed E-state index contributed by atoms with van der Waals surface area (Å²) >= 11 is 3.10. The second kappa shape index (κ2) is 5.73. The lowest BCUT2D eigenvalue weighted by atomic mass is 9.83. The van der Waals surface area contributed by atoms with Gasteiger partial charge in [0.2, 0.25) is 0 Å². The molecule has 0 aliphatic carbocycles. The second-order valence-corrected chi connectivity index (χ2v) is 7.23. The van der Waals surface area contributed by atoms with Crippen LogP contribution in [0.1, 0.15) is 28.4 Å². The van der Waals surface area contributed by atoms with Crippen LogP contribution in [0.4, 0.5) is 0 Å². The summed E-state index contributed by atoms with van der Waals surface area (Å²) in [4.78, 5) is 37.9. The summed E-state index contributed by atoms with van der Waals surface area (Å²) in [5, 5.41) is 0. The monoisotopic (exact) mass is 390 g/mol. The van der Waals surface area contributed by atoms with Gasteiger partial charge >= 0.3 is 5.63 Å². The van der Waals surface area contributed by atoms with E-state index >= 15 is 0 Å². The van der Waals surface area contributed by atoms with Gasteiger partial charge in [-0.15, -0.1) is 0 Å². The number of amides is 1. The van der Waals surface area contributed by atoms with Crippen molar-refractivity contribution < 1.29 is 9.21 Å². The highest BCUT2D eigenvalue weighted by molar-refractivity contribution is 9.10. The van der Waals surface area contributed by atoms with Gasteiger partial charge in [-0.2, -0.15) is 0 Å². The molecule has 6 nitrogen and oxygen atoms in total. The summed E-state index contributed by atoms with van der Waals surface area (Å²) in [5.74, 6) is 0.273. The van der Waals surface area contributed by atoms with Gasteiger partial charge in [-0.3, -0.25) is 9.59 Å². The van der Waals surface area contributed by atoms with Crippen molar-refractivity contribution in [3.8, 4) is 0 Å². The van der Waals surface area contributed by atoms with E-state index in [0.717, 1.165) is 12.1 Å². The number of carbonyl (C=O) groups excluding carboxylic acids is 1. The van der Waals surface area contributed by atoms with E-state index in [1.54, 1.807) is 17.0 Å². The molecule has 0 saturated carbocycles. The minimum absolute atomic E-state index is 0.0238. The molecule has 2 aliphatic heterocycles.